The number of rotatable bonds is 7. The summed E-state index contributed by atoms with van der Waals surface area (Å²) in [6.45, 7) is 8.00. The van der Waals surface area contributed by atoms with Crippen LogP contribution in [-0.2, 0) is 4.79 Å². The van der Waals surface area contributed by atoms with Crippen LogP contribution in [0.2, 0.25) is 0 Å². The lowest BCUT2D eigenvalue weighted by Crippen LogP contribution is -2.34. The van der Waals surface area contributed by atoms with Crippen LogP contribution in [0.1, 0.15) is 40.0 Å². The predicted molar refractivity (Wildman–Crippen MR) is 55.7 cm³/mol. The molecule has 13 heavy (non-hydrogen) atoms. The Bertz CT molecular complexity index is 137. The maximum atomic E-state index is 11.2. The normalized spacial score (nSPS) is 12.5. The largest absolute Gasteiger partial charge is 0.354 e. The van der Waals surface area contributed by atoms with Gasteiger partial charge in [0.2, 0.25) is 5.91 Å². The molecule has 1 amide bonds. The molecule has 0 aliphatic rings. The molecule has 0 fully saturated rings. The summed E-state index contributed by atoms with van der Waals surface area (Å²) >= 11 is 0. The zero-order valence-electron chi connectivity index (χ0n) is 9.02. The molecule has 1 atom stereocenters. The Kier molecular flexibility index (Phi) is 7.69. The van der Waals surface area contributed by atoms with Crippen molar-refractivity contribution in [3.05, 3.63) is 0 Å². The predicted octanol–water partition coefficient (Wildman–Crippen LogP) is 1.29. The van der Waals surface area contributed by atoms with Crippen molar-refractivity contribution in [3.63, 3.8) is 0 Å². The molecule has 0 spiro atoms. The van der Waals surface area contributed by atoms with E-state index < -0.39 is 0 Å². The zero-order valence-corrected chi connectivity index (χ0v) is 9.02. The topological polar surface area (TPSA) is 41.1 Å². The minimum Gasteiger partial charge on any atom is -0.354 e. The Balaban J connectivity index is 3.30. The highest BCUT2D eigenvalue weighted by Crippen LogP contribution is 1.88. The first-order valence-corrected chi connectivity index (χ1v) is 5.20. The van der Waals surface area contributed by atoms with Crippen molar-refractivity contribution < 1.29 is 4.79 Å². The number of carbonyl (C=O) groups excluding carboxylic acids is 1. The fraction of sp³-hybridized carbons (Fsp3) is 0.900. The van der Waals surface area contributed by atoms with E-state index in [9.17, 15) is 4.79 Å². The molecule has 0 radical (unpaired) electrons. The lowest BCUT2D eigenvalue weighted by Gasteiger charge is -2.11. The molecule has 0 aromatic rings. The van der Waals surface area contributed by atoms with E-state index in [0.717, 1.165) is 25.9 Å². The fourth-order valence-electron chi connectivity index (χ4n) is 0.953. The van der Waals surface area contributed by atoms with Crippen LogP contribution in [0.5, 0.6) is 0 Å². The number of hydrogen-bond donors (Lipinski definition) is 2. The van der Waals surface area contributed by atoms with Crippen LogP contribution in [0.3, 0.4) is 0 Å². The molecule has 0 rings (SSSR count). The maximum Gasteiger partial charge on any atom is 0.221 e. The highest BCUT2D eigenvalue weighted by molar-refractivity contribution is 5.76. The Morgan fingerprint density at radius 3 is 2.54 bits per heavy atom. The van der Waals surface area contributed by atoms with Gasteiger partial charge in [-0.1, -0.05) is 13.8 Å². The highest BCUT2D eigenvalue weighted by Gasteiger charge is 2.03. The van der Waals surface area contributed by atoms with Gasteiger partial charge in [-0.2, -0.15) is 0 Å². The fourth-order valence-corrected chi connectivity index (χ4v) is 0.953. The molecule has 1 unspecified atom stereocenters. The lowest BCUT2D eigenvalue weighted by molar-refractivity contribution is -0.121. The van der Waals surface area contributed by atoms with Crippen LogP contribution < -0.4 is 10.6 Å². The molecule has 0 saturated carbocycles. The van der Waals surface area contributed by atoms with E-state index >= 15 is 0 Å². The molecule has 3 heteroatoms. The van der Waals surface area contributed by atoms with E-state index in [1.807, 2.05) is 6.92 Å². The minimum absolute atomic E-state index is 0.151. The SMILES string of the molecule is CCCNCCC(=O)NC(C)CC. The summed E-state index contributed by atoms with van der Waals surface area (Å²) in [7, 11) is 0. The van der Waals surface area contributed by atoms with Crippen molar-refractivity contribution in [1.29, 1.82) is 0 Å². The average molecular weight is 186 g/mol. The van der Waals surface area contributed by atoms with Crippen molar-refractivity contribution in [2.45, 2.75) is 46.1 Å². The maximum absolute atomic E-state index is 11.2. The second-order valence-electron chi connectivity index (χ2n) is 3.38. The number of nitrogens with one attached hydrogen (secondary N) is 2. The number of carbonyl (C=O) groups is 1. The quantitative estimate of drug-likeness (QED) is 0.588. The molecule has 78 valence electrons. The van der Waals surface area contributed by atoms with E-state index in [2.05, 4.69) is 24.5 Å². The molecular formula is C10H22N2O. The average Bonchev–Trinajstić information content (AvgIpc) is 2.12. The third-order valence-corrected chi connectivity index (χ3v) is 1.98. The highest BCUT2D eigenvalue weighted by atomic mass is 16.1. The van der Waals surface area contributed by atoms with E-state index in [0.29, 0.717) is 12.5 Å². The molecule has 2 N–H and O–H groups in total. The van der Waals surface area contributed by atoms with Crippen molar-refractivity contribution >= 4 is 5.91 Å². The zero-order chi connectivity index (χ0) is 10.1. The summed E-state index contributed by atoms with van der Waals surface area (Å²) in [5, 5.41) is 6.12. The second kappa shape index (κ2) is 8.05. The first kappa shape index (κ1) is 12.4. The first-order valence-electron chi connectivity index (χ1n) is 5.20. The van der Waals surface area contributed by atoms with E-state index in [-0.39, 0.29) is 5.91 Å². The standard InChI is InChI=1S/C10H22N2O/c1-4-7-11-8-6-10(13)12-9(3)5-2/h9,11H,4-8H2,1-3H3,(H,12,13). The van der Waals surface area contributed by atoms with Crippen LogP contribution in [0, 0.1) is 0 Å². The molecule has 0 aliphatic carbocycles. The Labute approximate surface area is 81.3 Å². The van der Waals surface area contributed by atoms with Gasteiger partial charge >= 0.3 is 0 Å². The van der Waals surface area contributed by atoms with E-state index in [1.54, 1.807) is 0 Å². The molecule has 3 nitrogen and oxygen atoms in total. The molecule has 0 aromatic heterocycles. The molecule has 0 bridgehead atoms. The van der Waals surface area contributed by atoms with Gasteiger partial charge in [0.15, 0.2) is 0 Å². The van der Waals surface area contributed by atoms with Gasteiger partial charge in [-0.25, -0.2) is 0 Å². The van der Waals surface area contributed by atoms with E-state index in [4.69, 9.17) is 0 Å². The molecule has 0 aliphatic heterocycles. The van der Waals surface area contributed by atoms with Crippen molar-refractivity contribution in [1.82, 2.24) is 10.6 Å². The summed E-state index contributed by atoms with van der Waals surface area (Å²) < 4.78 is 0. The third-order valence-electron chi connectivity index (χ3n) is 1.98. The van der Waals surface area contributed by atoms with Gasteiger partial charge in [0, 0.05) is 19.0 Å². The minimum atomic E-state index is 0.151. The summed E-state index contributed by atoms with van der Waals surface area (Å²) in [4.78, 5) is 11.2. The van der Waals surface area contributed by atoms with Gasteiger partial charge in [0.1, 0.15) is 0 Å². The Hall–Kier alpha value is -0.570. The smallest absolute Gasteiger partial charge is 0.221 e. The van der Waals surface area contributed by atoms with Crippen molar-refractivity contribution in [2.75, 3.05) is 13.1 Å². The Morgan fingerprint density at radius 1 is 1.31 bits per heavy atom. The summed E-state index contributed by atoms with van der Waals surface area (Å²) in [5.41, 5.74) is 0. The number of amides is 1. The van der Waals surface area contributed by atoms with Gasteiger partial charge in [-0.15, -0.1) is 0 Å². The number of hydrogen-bond acceptors (Lipinski definition) is 2. The van der Waals surface area contributed by atoms with Gasteiger partial charge in [0.05, 0.1) is 0 Å². The van der Waals surface area contributed by atoms with Crippen molar-refractivity contribution in [3.8, 4) is 0 Å². The Morgan fingerprint density at radius 2 is 2.00 bits per heavy atom. The molecule has 0 heterocycles. The first-order chi connectivity index (χ1) is 6.20. The van der Waals surface area contributed by atoms with Crippen LogP contribution in [0.4, 0.5) is 0 Å². The van der Waals surface area contributed by atoms with Crippen LogP contribution in [-0.4, -0.2) is 25.0 Å². The van der Waals surface area contributed by atoms with Gasteiger partial charge in [-0.3, -0.25) is 4.79 Å². The van der Waals surface area contributed by atoms with Gasteiger partial charge < -0.3 is 10.6 Å². The van der Waals surface area contributed by atoms with E-state index in [1.165, 1.54) is 0 Å². The van der Waals surface area contributed by atoms with Crippen LogP contribution >= 0.6 is 0 Å². The van der Waals surface area contributed by atoms with Gasteiger partial charge in [0.25, 0.3) is 0 Å². The van der Waals surface area contributed by atoms with Gasteiger partial charge in [-0.05, 0) is 26.3 Å². The summed E-state index contributed by atoms with van der Waals surface area (Å²) in [5.74, 6) is 0.151. The van der Waals surface area contributed by atoms with Crippen molar-refractivity contribution in [2.24, 2.45) is 0 Å². The molecule has 0 saturated heterocycles. The summed E-state index contributed by atoms with van der Waals surface area (Å²) in [6, 6.07) is 0.304. The molecule has 0 aromatic carbocycles. The molecular weight excluding hydrogens is 164 g/mol. The third kappa shape index (κ3) is 7.78. The van der Waals surface area contributed by atoms with Crippen LogP contribution in [0.15, 0.2) is 0 Å². The van der Waals surface area contributed by atoms with Crippen LogP contribution in [0.25, 0.3) is 0 Å². The summed E-state index contributed by atoms with van der Waals surface area (Å²) in [6.07, 6.45) is 2.70. The lowest BCUT2D eigenvalue weighted by atomic mass is 10.2. The second-order valence-corrected chi connectivity index (χ2v) is 3.38. The monoisotopic (exact) mass is 186 g/mol.